The van der Waals surface area contributed by atoms with E-state index in [1.165, 1.54) is 6.07 Å². The molecule has 1 N–H and O–H groups in total. The van der Waals surface area contributed by atoms with E-state index in [4.69, 9.17) is 16.1 Å². The van der Waals surface area contributed by atoms with Crippen LogP contribution < -0.4 is 5.32 Å². The summed E-state index contributed by atoms with van der Waals surface area (Å²) in [6, 6.07) is 6.99. The Bertz CT molecular complexity index is 996. The van der Waals surface area contributed by atoms with E-state index in [0.717, 1.165) is 23.3 Å². The molecule has 0 aliphatic heterocycles. The summed E-state index contributed by atoms with van der Waals surface area (Å²) in [7, 11) is 0. The largest absolute Gasteiger partial charge is 0.417 e. The van der Waals surface area contributed by atoms with Crippen LogP contribution in [0.2, 0.25) is 5.02 Å². The molecule has 3 aromatic rings. The van der Waals surface area contributed by atoms with Crippen molar-refractivity contribution >= 4 is 34.2 Å². The Morgan fingerprint density at radius 2 is 1.96 bits per heavy atom. The quantitative estimate of drug-likeness (QED) is 0.669. The van der Waals surface area contributed by atoms with Crippen molar-refractivity contribution in [3.05, 3.63) is 57.7 Å². The molecule has 3 rings (SSSR count). The van der Waals surface area contributed by atoms with Crippen LogP contribution in [0.25, 0.3) is 11.0 Å². The van der Waals surface area contributed by atoms with Gasteiger partial charge in [0.15, 0.2) is 5.58 Å². The molecule has 1 aromatic heterocycles. The number of amides is 1. The van der Waals surface area contributed by atoms with E-state index in [2.05, 4.69) is 10.5 Å². The number of anilines is 1. The van der Waals surface area contributed by atoms with Gasteiger partial charge in [0, 0.05) is 11.1 Å². The van der Waals surface area contributed by atoms with Gasteiger partial charge in [-0.1, -0.05) is 22.8 Å². The first-order valence-electron chi connectivity index (χ1n) is 7.67. The summed E-state index contributed by atoms with van der Waals surface area (Å²) in [5, 5.41) is 6.63. The Labute approximate surface area is 151 Å². The number of nitrogens with zero attached hydrogens (tertiary/aromatic N) is 1. The monoisotopic (exact) mass is 382 g/mol. The molecule has 0 spiro atoms. The average Bonchev–Trinajstić information content (AvgIpc) is 2.91. The number of aromatic nitrogens is 1. The minimum atomic E-state index is -4.60. The van der Waals surface area contributed by atoms with Gasteiger partial charge in [-0.05, 0) is 49.2 Å². The fourth-order valence-electron chi connectivity index (χ4n) is 2.74. The lowest BCUT2D eigenvalue weighted by Crippen LogP contribution is -2.15. The van der Waals surface area contributed by atoms with Crippen LogP contribution in [0.3, 0.4) is 0 Å². The summed E-state index contributed by atoms with van der Waals surface area (Å²) in [4.78, 5) is 12.2. The predicted molar refractivity (Wildman–Crippen MR) is 92.3 cm³/mol. The number of hydrogen-bond donors (Lipinski definition) is 1. The van der Waals surface area contributed by atoms with E-state index in [0.29, 0.717) is 16.7 Å². The van der Waals surface area contributed by atoms with Gasteiger partial charge in [0.25, 0.3) is 0 Å². The van der Waals surface area contributed by atoms with Crippen LogP contribution in [0, 0.1) is 13.8 Å². The molecular formula is C18H14ClF3N2O2. The number of benzene rings is 2. The molecule has 0 fully saturated rings. The fraction of sp³-hybridized carbons (Fsp3) is 0.222. The van der Waals surface area contributed by atoms with Crippen LogP contribution in [-0.4, -0.2) is 11.1 Å². The molecule has 4 nitrogen and oxygen atoms in total. The number of nitrogens with one attached hydrogen (secondary N) is 1. The first-order valence-corrected chi connectivity index (χ1v) is 8.05. The van der Waals surface area contributed by atoms with Crippen molar-refractivity contribution in [1.82, 2.24) is 5.16 Å². The van der Waals surface area contributed by atoms with Crippen LogP contribution in [0.5, 0.6) is 0 Å². The second kappa shape index (κ2) is 6.64. The molecule has 0 radical (unpaired) electrons. The van der Waals surface area contributed by atoms with E-state index in [-0.39, 0.29) is 12.1 Å². The van der Waals surface area contributed by atoms with Crippen LogP contribution in [0.4, 0.5) is 18.9 Å². The minimum Gasteiger partial charge on any atom is -0.356 e. The summed E-state index contributed by atoms with van der Waals surface area (Å²) in [6.07, 6.45) is -4.73. The molecule has 0 saturated carbocycles. The van der Waals surface area contributed by atoms with Gasteiger partial charge in [0.05, 0.1) is 17.0 Å². The third-order valence-electron chi connectivity index (χ3n) is 3.86. The van der Waals surface area contributed by atoms with Gasteiger partial charge in [-0.25, -0.2) is 0 Å². The molecule has 136 valence electrons. The highest BCUT2D eigenvalue weighted by molar-refractivity contribution is 6.31. The topological polar surface area (TPSA) is 55.1 Å². The molecule has 0 aliphatic carbocycles. The molecular weight excluding hydrogens is 369 g/mol. The Kier molecular flexibility index (Phi) is 4.66. The highest BCUT2D eigenvalue weighted by Crippen LogP contribution is 2.36. The fourth-order valence-corrected chi connectivity index (χ4v) is 2.97. The number of carbonyl (C=O) groups excluding carboxylic acids is 1. The maximum absolute atomic E-state index is 12.9. The first-order chi connectivity index (χ1) is 12.1. The van der Waals surface area contributed by atoms with E-state index < -0.39 is 22.7 Å². The van der Waals surface area contributed by atoms with Crippen molar-refractivity contribution in [2.75, 3.05) is 5.32 Å². The molecule has 8 heteroatoms. The number of alkyl halides is 3. The van der Waals surface area contributed by atoms with E-state index in [1.54, 1.807) is 0 Å². The molecule has 26 heavy (non-hydrogen) atoms. The Hall–Kier alpha value is -2.54. The van der Waals surface area contributed by atoms with Gasteiger partial charge in [-0.15, -0.1) is 0 Å². The van der Waals surface area contributed by atoms with Gasteiger partial charge in [-0.3, -0.25) is 4.79 Å². The lowest BCUT2D eigenvalue weighted by atomic mass is 10.1. The van der Waals surface area contributed by atoms with E-state index in [1.807, 2.05) is 26.0 Å². The van der Waals surface area contributed by atoms with Gasteiger partial charge < -0.3 is 9.84 Å². The average molecular weight is 383 g/mol. The summed E-state index contributed by atoms with van der Waals surface area (Å²) < 4.78 is 44.0. The zero-order valence-corrected chi connectivity index (χ0v) is 14.6. The zero-order valence-electron chi connectivity index (χ0n) is 13.9. The molecule has 2 aromatic carbocycles. The third kappa shape index (κ3) is 3.67. The molecule has 1 heterocycles. The van der Waals surface area contributed by atoms with E-state index in [9.17, 15) is 18.0 Å². The molecule has 0 bridgehead atoms. The third-order valence-corrected chi connectivity index (χ3v) is 4.19. The molecule has 0 unspecified atom stereocenters. The Morgan fingerprint density at radius 3 is 2.65 bits per heavy atom. The lowest BCUT2D eigenvalue weighted by Gasteiger charge is -2.11. The summed E-state index contributed by atoms with van der Waals surface area (Å²) in [6.45, 7) is 3.78. The van der Waals surface area contributed by atoms with Gasteiger partial charge in [0.1, 0.15) is 5.69 Å². The van der Waals surface area contributed by atoms with Crippen molar-refractivity contribution in [2.24, 2.45) is 0 Å². The molecule has 1 amide bonds. The standard InChI is InChI=1S/C18H14ClF3N2O2/c1-9-5-10(2)17-12(6-9)15(24-26-17)8-16(25)23-11-3-4-14(19)13(7-11)18(20,21)22/h3-7H,8H2,1-2H3,(H,23,25). The number of rotatable bonds is 3. The second-order valence-corrected chi connectivity index (χ2v) is 6.41. The normalized spacial score (nSPS) is 11.8. The number of aryl methyl sites for hydroxylation is 2. The Morgan fingerprint density at radius 1 is 1.23 bits per heavy atom. The highest BCUT2D eigenvalue weighted by Gasteiger charge is 2.33. The maximum atomic E-state index is 12.9. The van der Waals surface area contributed by atoms with Crippen LogP contribution >= 0.6 is 11.6 Å². The van der Waals surface area contributed by atoms with E-state index >= 15 is 0 Å². The maximum Gasteiger partial charge on any atom is 0.417 e. The Balaban J connectivity index is 1.82. The molecule has 0 saturated heterocycles. The van der Waals surface area contributed by atoms with Crippen LogP contribution in [-0.2, 0) is 17.4 Å². The van der Waals surface area contributed by atoms with Crippen molar-refractivity contribution in [3.8, 4) is 0 Å². The summed E-state index contributed by atoms with van der Waals surface area (Å²) >= 11 is 5.57. The van der Waals surface area contributed by atoms with Gasteiger partial charge in [0.2, 0.25) is 5.91 Å². The number of halogens is 4. The zero-order chi connectivity index (χ0) is 19.1. The highest BCUT2D eigenvalue weighted by atomic mass is 35.5. The molecule has 0 aliphatic rings. The van der Waals surface area contributed by atoms with Gasteiger partial charge in [-0.2, -0.15) is 13.2 Å². The predicted octanol–water partition coefficient (Wildman–Crippen LogP) is 5.30. The smallest absolute Gasteiger partial charge is 0.356 e. The number of carbonyl (C=O) groups is 1. The second-order valence-electron chi connectivity index (χ2n) is 6.01. The van der Waals surface area contributed by atoms with Crippen molar-refractivity contribution in [3.63, 3.8) is 0 Å². The SMILES string of the molecule is Cc1cc(C)c2onc(CC(=O)Nc3ccc(Cl)c(C(F)(F)F)c3)c2c1. The summed E-state index contributed by atoms with van der Waals surface area (Å²) in [5.74, 6) is -0.505. The molecule has 0 atom stereocenters. The van der Waals surface area contributed by atoms with Gasteiger partial charge >= 0.3 is 6.18 Å². The van der Waals surface area contributed by atoms with Crippen LogP contribution in [0.15, 0.2) is 34.9 Å². The van der Waals surface area contributed by atoms with Crippen molar-refractivity contribution in [2.45, 2.75) is 26.4 Å². The van der Waals surface area contributed by atoms with Crippen molar-refractivity contribution < 1.29 is 22.5 Å². The minimum absolute atomic E-state index is 0.00638. The van der Waals surface area contributed by atoms with Crippen LogP contribution in [0.1, 0.15) is 22.4 Å². The van der Waals surface area contributed by atoms with Crippen molar-refractivity contribution in [1.29, 1.82) is 0 Å². The lowest BCUT2D eigenvalue weighted by molar-refractivity contribution is -0.137. The first kappa shape index (κ1) is 18.3. The number of fused-ring (bicyclic) bond motifs is 1. The number of hydrogen-bond acceptors (Lipinski definition) is 3. The summed E-state index contributed by atoms with van der Waals surface area (Å²) in [5.41, 5.74) is 1.90.